The van der Waals surface area contributed by atoms with Crippen LogP contribution in [0.4, 0.5) is 20.6 Å². The first-order valence-electron chi connectivity index (χ1n) is 9.50. The highest BCUT2D eigenvalue weighted by atomic mass is 79.9. The van der Waals surface area contributed by atoms with Crippen molar-refractivity contribution in [1.82, 2.24) is 5.32 Å². The molecule has 9 nitrogen and oxygen atoms in total. The van der Waals surface area contributed by atoms with Crippen molar-refractivity contribution in [2.24, 2.45) is 0 Å². The van der Waals surface area contributed by atoms with Gasteiger partial charge in [0.25, 0.3) is 5.91 Å². The third-order valence-corrected chi connectivity index (χ3v) is 6.01. The van der Waals surface area contributed by atoms with Crippen molar-refractivity contribution in [3.05, 3.63) is 39.4 Å². The zero-order valence-corrected chi connectivity index (χ0v) is 19.7. The number of rotatable bonds is 7. The molecule has 1 saturated heterocycles. The van der Waals surface area contributed by atoms with Gasteiger partial charge in [-0.2, -0.15) is 0 Å². The molecule has 1 atom stereocenters. The van der Waals surface area contributed by atoms with Crippen LogP contribution in [-0.4, -0.2) is 57.4 Å². The second kappa shape index (κ2) is 10.9. The Kier molecular flexibility index (Phi) is 8.18. The summed E-state index contributed by atoms with van der Waals surface area (Å²) in [7, 11) is 1.36. The molecule has 1 aromatic heterocycles. The van der Waals surface area contributed by atoms with Gasteiger partial charge in [-0.05, 0) is 46.6 Å². The normalized spacial score (nSPS) is 14.8. The van der Waals surface area contributed by atoms with Gasteiger partial charge in [0.05, 0.1) is 22.7 Å². The lowest BCUT2D eigenvalue weighted by molar-refractivity contribution is -0.125. The summed E-state index contributed by atoms with van der Waals surface area (Å²) < 4.78 is 30.7. The van der Waals surface area contributed by atoms with E-state index < -0.39 is 23.9 Å². The number of nitrogens with one attached hydrogen (secondary N) is 2. The summed E-state index contributed by atoms with van der Waals surface area (Å²) in [5.41, 5.74) is 0.914. The fraction of sp³-hybridized carbons (Fsp3) is 0.350. The van der Waals surface area contributed by atoms with Crippen molar-refractivity contribution >= 4 is 56.5 Å². The second-order valence-electron chi connectivity index (χ2n) is 6.81. The van der Waals surface area contributed by atoms with Crippen molar-refractivity contribution in [3.8, 4) is 5.06 Å². The van der Waals surface area contributed by atoms with Gasteiger partial charge in [0.2, 0.25) is 5.91 Å². The van der Waals surface area contributed by atoms with E-state index >= 15 is 0 Å². The predicted octanol–water partition coefficient (Wildman–Crippen LogP) is 3.06. The number of ether oxygens (including phenoxy) is 3. The number of halogens is 2. The largest absolute Gasteiger partial charge is 0.414 e. The summed E-state index contributed by atoms with van der Waals surface area (Å²) in [6.07, 6.45) is -0.852. The van der Waals surface area contributed by atoms with Crippen LogP contribution in [0.2, 0.25) is 0 Å². The smallest absolute Gasteiger partial charge is 0.399 e. The summed E-state index contributed by atoms with van der Waals surface area (Å²) in [5.74, 6) is -1.68. The van der Waals surface area contributed by atoms with Crippen molar-refractivity contribution < 1.29 is 33.0 Å². The number of benzene rings is 1. The SMILES string of the molecule is COC[C@@H](NC(=O)Oc1ccc(Br)s1)C(=O)Nc1cc(C)c(N2CCOCC2=O)cc1F. The average molecular weight is 530 g/mol. The predicted molar refractivity (Wildman–Crippen MR) is 120 cm³/mol. The van der Waals surface area contributed by atoms with Gasteiger partial charge in [0.1, 0.15) is 18.5 Å². The van der Waals surface area contributed by atoms with E-state index in [1.165, 1.54) is 35.5 Å². The van der Waals surface area contributed by atoms with E-state index in [9.17, 15) is 18.8 Å². The number of carbonyl (C=O) groups excluding carboxylic acids is 3. The third kappa shape index (κ3) is 6.03. The number of aryl methyl sites for hydroxylation is 1. The van der Waals surface area contributed by atoms with Gasteiger partial charge >= 0.3 is 6.09 Å². The minimum atomic E-state index is -1.13. The van der Waals surface area contributed by atoms with E-state index in [0.29, 0.717) is 29.5 Å². The Morgan fingerprint density at radius 3 is 2.81 bits per heavy atom. The lowest BCUT2D eigenvalue weighted by atomic mass is 10.1. The quantitative estimate of drug-likeness (QED) is 0.570. The Balaban J connectivity index is 1.69. The molecule has 2 aromatic rings. The minimum absolute atomic E-state index is 0.0670. The lowest BCUT2D eigenvalue weighted by Crippen LogP contribution is -2.47. The fourth-order valence-electron chi connectivity index (χ4n) is 3.02. The highest BCUT2D eigenvalue weighted by molar-refractivity contribution is 9.11. The van der Waals surface area contributed by atoms with E-state index in [2.05, 4.69) is 26.6 Å². The van der Waals surface area contributed by atoms with Crippen molar-refractivity contribution in [3.63, 3.8) is 0 Å². The number of hydrogen-bond acceptors (Lipinski definition) is 7. The Morgan fingerprint density at radius 2 is 2.16 bits per heavy atom. The molecule has 12 heteroatoms. The lowest BCUT2D eigenvalue weighted by Gasteiger charge is -2.28. The zero-order valence-electron chi connectivity index (χ0n) is 17.3. The van der Waals surface area contributed by atoms with Crippen molar-refractivity contribution in [1.29, 1.82) is 0 Å². The first-order chi connectivity index (χ1) is 15.3. The second-order valence-corrected chi connectivity index (χ2v) is 9.23. The molecular formula is C20H21BrFN3O6S. The van der Waals surface area contributed by atoms with Crippen LogP contribution in [0.3, 0.4) is 0 Å². The zero-order chi connectivity index (χ0) is 23.3. The molecule has 1 aliphatic rings. The molecule has 172 valence electrons. The summed E-state index contributed by atoms with van der Waals surface area (Å²) in [4.78, 5) is 38.3. The van der Waals surface area contributed by atoms with Crippen LogP contribution in [-0.2, 0) is 19.1 Å². The van der Waals surface area contributed by atoms with Crippen LogP contribution in [0.5, 0.6) is 5.06 Å². The molecule has 0 unspecified atom stereocenters. The van der Waals surface area contributed by atoms with E-state index in [4.69, 9.17) is 14.2 Å². The van der Waals surface area contributed by atoms with Gasteiger partial charge in [0, 0.05) is 25.4 Å². The number of nitrogens with zero attached hydrogens (tertiary/aromatic N) is 1. The molecule has 0 radical (unpaired) electrons. The summed E-state index contributed by atoms with van der Waals surface area (Å²) >= 11 is 4.46. The summed E-state index contributed by atoms with van der Waals surface area (Å²) in [6.45, 7) is 2.15. The molecule has 0 bridgehead atoms. The van der Waals surface area contributed by atoms with Gasteiger partial charge in [-0.25, -0.2) is 9.18 Å². The number of hydrogen-bond donors (Lipinski definition) is 2. The number of amides is 3. The number of thiophene rings is 1. The van der Waals surface area contributed by atoms with Crippen LogP contribution in [0.1, 0.15) is 5.56 Å². The molecule has 3 rings (SSSR count). The van der Waals surface area contributed by atoms with Crippen molar-refractivity contribution in [2.45, 2.75) is 13.0 Å². The van der Waals surface area contributed by atoms with Gasteiger partial charge in [-0.1, -0.05) is 11.3 Å². The van der Waals surface area contributed by atoms with Gasteiger partial charge in [-0.3, -0.25) is 9.59 Å². The van der Waals surface area contributed by atoms with Crippen LogP contribution in [0.25, 0.3) is 0 Å². The van der Waals surface area contributed by atoms with Gasteiger partial charge in [0.15, 0.2) is 5.06 Å². The molecule has 32 heavy (non-hydrogen) atoms. The minimum Gasteiger partial charge on any atom is -0.399 e. The van der Waals surface area contributed by atoms with Crippen LogP contribution >= 0.6 is 27.3 Å². The highest BCUT2D eigenvalue weighted by Crippen LogP contribution is 2.29. The summed E-state index contributed by atoms with van der Waals surface area (Å²) in [6, 6.07) is 4.80. The van der Waals surface area contributed by atoms with E-state index in [1.54, 1.807) is 19.1 Å². The maximum absolute atomic E-state index is 14.7. The first kappa shape index (κ1) is 24.1. The first-order valence-corrected chi connectivity index (χ1v) is 11.1. The molecule has 2 N–H and O–H groups in total. The van der Waals surface area contributed by atoms with Crippen LogP contribution in [0.15, 0.2) is 28.1 Å². The number of carbonyl (C=O) groups is 3. The van der Waals surface area contributed by atoms with E-state index in [1.807, 2.05) is 0 Å². The Bertz CT molecular complexity index is 1020. The topological polar surface area (TPSA) is 106 Å². The van der Waals surface area contributed by atoms with E-state index in [-0.39, 0.29) is 24.8 Å². The monoisotopic (exact) mass is 529 g/mol. The molecule has 3 amide bonds. The third-order valence-electron chi connectivity index (χ3n) is 4.50. The van der Waals surface area contributed by atoms with E-state index in [0.717, 1.165) is 3.79 Å². The molecule has 0 saturated carbocycles. The number of morpholine rings is 1. The average Bonchev–Trinajstić information content (AvgIpc) is 3.15. The number of methoxy groups -OCH3 is 1. The molecule has 0 aliphatic carbocycles. The molecule has 1 aromatic carbocycles. The maximum atomic E-state index is 14.7. The standard InChI is InChI=1S/C20H21BrFN3O6S/c1-11-7-13(12(22)8-15(11)25-5-6-30-10-17(25)26)23-19(27)14(9-29-2)24-20(28)31-18-4-3-16(21)32-18/h3-4,7-8,14H,5-6,9-10H2,1-2H3,(H,23,27)(H,24,28)/t14-/m1/s1. The van der Waals surface area contributed by atoms with Gasteiger partial charge in [-0.15, -0.1) is 0 Å². The van der Waals surface area contributed by atoms with Crippen LogP contribution < -0.4 is 20.3 Å². The Morgan fingerprint density at radius 1 is 1.38 bits per heavy atom. The highest BCUT2D eigenvalue weighted by Gasteiger charge is 2.26. The molecule has 0 spiro atoms. The molecule has 1 aliphatic heterocycles. The maximum Gasteiger partial charge on any atom is 0.414 e. The molecule has 1 fully saturated rings. The Hall–Kier alpha value is -2.54. The van der Waals surface area contributed by atoms with Crippen LogP contribution in [0, 0.1) is 12.7 Å². The molecule has 2 heterocycles. The number of anilines is 2. The van der Waals surface area contributed by atoms with Gasteiger partial charge < -0.3 is 29.7 Å². The fourth-order valence-corrected chi connectivity index (χ4v) is 4.21. The van der Waals surface area contributed by atoms with Crippen molar-refractivity contribution in [2.75, 3.05) is 43.7 Å². The molecular weight excluding hydrogens is 509 g/mol. The summed E-state index contributed by atoms with van der Waals surface area (Å²) in [5, 5.41) is 5.19. The Labute approximate surface area is 195 Å².